The first-order valence-corrected chi connectivity index (χ1v) is 9.38. The van der Waals surface area contributed by atoms with Gasteiger partial charge in [-0.25, -0.2) is 9.37 Å². The van der Waals surface area contributed by atoms with Crippen molar-refractivity contribution in [2.24, 2.45) is 0 Å². The largest absolute Gasteiger partial charge is 0.416 e. The van der Waals surface area contributed by atoms with Crippen LogP contribution in [-0.4, -0.2) is 20.2 Å². The number of aromatic amines is 1. The minimum atomic E-state index is -0.326. The Hall–Kier alpha value is -3.22. The Morgan fingerprint density at radius 2 is 1.48 bits per heavy atom. The molecule has 0 bridgehead atoms. The van der Waals surface area contributed by atoms with Crippen molar-refractivity contribution in [1.82, 2.24) is 20.2 Å². The lowest BCUT2D eigenvalue weighted by Crippen LogP contribution is -1.83. The van der Waals surface area contributed by atoms with E-state index >= 15 is 0 Å². The summed E-state index contributed by atoms with van der Waals surface area (Å²) in [4.78, 5) is 7.81. The van der Waals surface area contributed by atoms with Crippen molar-refractivity contribution in [2.75, 3.05) is 0 Å². The standard InChI is InChI=1S/C21H11Cl2FN4O/c22-14-2-1-3-15(23)18(14)19-25-16-9-6-12(10-17(16)26-19)21-28-27-20(29-21)11-4-7-13(24)8-5-11/h1-10H,(H,25,26). The molecule has 0 aliphatic carbocycles. The Kier molecular flexibility index (Phi) is 4.30. The zero-order chi connectivity index (χ0) is 20.0. The van der Waals surface area contributed by atoms with E-state index in [0.717, 1.165) is 16.6 Å². The Morgan fingerprint density at radius 1 is 0.828 bits per heavy atom. The van der Waals surface area contributed by atoms with E-state index in [1.165, 1.54) is 12.1 Å². The zero-order valence-corrected chi connectivity index (χ0v) is 16.2. The highest BCUT2D eigenvalue weighted by Gasteiger charge is 2.15. The first kappa shape index (κ1) is 17.8. The number of nitrogens with zero attached hydrogens (tertiary/aromatic N) is 3. The van der Waals surface area contributed by atoms with Crippen LogP contribution in [0.2, 0.25) is 10.0 Å². The minimum Gasteiger partial charge on any atom is -0.416 e. The van der Waals surface area contributed by atoms with E-state index in [1.807, 2.05) is 18.2 Å². The Bertz CT molecular complexity index is 1320. The maximum atomic E-state index is 13.1. The fraction of sp³-hybridized carbons (Fsp3) is 0. The van der Waals surface area contributed by atoms with Gasteiger partial charge in [0.2, 0.25) is 11.8 Å². The van der Waals surface area contributed by atoms with Crippen LogP contribution in [0.4, 0.5) is 4.39 Å². The molecule has 0 atom stereocenters. The quantitative estimate of drug-likeness (QED) is 0.364. The van der Waals surface area contributed by atoms with Crippen molar-refractivity contribution < 1.29 is 8.81 Å². The highest BCUT2D eigenvalue weighted by molar-refractivity contribution is 6.39. The van der Waals surface area contributed by atoms with Gasteiger partial charge in [0.1, 0.15) is 11.6 Å². The van der Waals surface area contributed by atoms with Gasteiger partial charge in [0.05, 0.1) is 26.6 Å². The van der Waals surface area contributed by atoms with Crippen LogP contribution in [-0.2, 0) is 0 Å². The number of hydrogen-bond donors (Lipinski definition) is 1. The summed E-state index contributed by atoms with van der Waals surface area (Å²) in [5.41, 5.74) is 3.53. The van der Waals surface area contributed by atoms with Gasteiger partial charge >= 0.3 is 0 Å². The molecule has 3 aromatic carbocycles. The van der Waals surface area contributed by atoms with Gasteiger partial charge < -0.3 is 9.40 Å². The number of fused-ring (bicyclic) bond motifs is 1. The molecule has 0 saturated heterocycles. The van der Waals surface area contributed by atoms with E-state index in [1.54, 1.807) is 30.3 Å². The molecule has 0 spiro atoms. The lowest BCUT2D eigenvalue weighted by atomic mass is 10.2. The van der Waals surface area contributed by atoms with Gasteiger partial charge in [-0.3, -0.25) is 0 Å². The maximum absolute atomic E-state index is 13.1. The predicted octanol–water partition coefficient (Wildman–Crippen LogP) is 6.39. The highest BCUT2D eigenvalue weighted by Crippen LogP contribution is 2.34. The number of H-pyrrole nitrogens is 1. The number of halogens is 3. The second-order valence-corrected chi connectivity index (χ2v) is 7.15. The van der Waals surface area contributed by atoms with Crippen LogP contribution in [0.5, 0.6) is 0 Å². The smallest absolute Gasteiger partial charge is 0.248 e. The van der Waals surface area contributed by atoms with Crippen LogP contribution < -0.4 is 0 Å². The maximum Gasteiger partial charge on any atom is 0.248 e. The lowest BCUT2D eigenvalue weighted by molar-refractivity contribution is 0.584. The van der Waals surface area contributed by atoms with Crippen LogP contribution in [0.3, 0.4) is 0 Å². The Balaban J connectivity index is 1.53. The molecule has 2 heterocycles. The van der Waals surface area contributed by atoms with Gasteiger partial charge in [-0.1, -0.05) is 29.3 Å². The fourth-order valence-corrected chi connectivity index (χ4v) is 3.61. The molecule has 0 amide bonds. The molecule has 5 aromatic rings. The number of rotatable bonds is 3. The molecule has 0 fully saturated rings. The van der Waals surface area contributed by atoms with Gasteiger partial charge in [0.25, 0.3) is 0 Å². The predicted molar refractivity (Wildman–Crippen MR) is 110 cm³/mol. The van der Waals surface area contributed by atoms with Gasteiger partial charge in [-0.15, -0.1) is 10.2 Å². The van der Waals surface area contributed by atoms with E-state index in [9.17, 15) is 4.39 Å². The number of imidazole rings is 1. The molecule has 0 saturated carbocycles. The van der Waals surface area contributed by atoms with Crippen LogP contribution in [0.15, 0.2) is 65.1 Å². The van der Waals surface area contributed by atoms with Gasteiger partial charge in [-0.2, -0.15) is 0 Å². The molecule has 2 aromatic heterocycles. The molecule has 8 heteroatoms. The van der Waals surface area contributed by atoms with Crippen LogP contribution in [0, 0.1) is 5.82 Å². The highest BCUT2D eigenvalue weighted by atomic mass is 35.5. The first-order chi connectivity index (χ1) is 14.1. The number of hydrogen-bond acceptors (Lipinski definition) is 4. The molecule has 29 heavy (non-hydrogen) atoms. The molecule has 0 aliphatic rings. The molecule has 1 N–H and O–H groups in total. The van der Waals surface area contributed by atoms with Crippen LogP contribution >= 0.6 is 23.2 Å². The summed E-state index contributed by atoms with van der Waals surface area (Å²) in [6, 6.07) is 16.7. The van der Waals surface area contributed by atoms with Crippen molar-refractivity contribution in [2.45, 2.75) is 0 Å². The average Bonchev–Trinajstić information content (AvgIpc) is 3.35. The molecule has 142 valence electrons. The number of benzene rings is 3. The number of nitrogens with one attached hydrogen (secondary N) is 1. The monoisotopic (exact) mass is 424 g/mol. The molecular formula is C21H11Cl2FN4O. The van der Waals surface area contributed by atoms with E-state index in [0.29, 0.717) is 38.8 Å². The third kappa shape index (κ3) is 3.26. The van der Waals surface area contributed by atoms with E-state index < -0.39 is 0 Å². The lowest BCUT2D eigenvalue weighted by Gasteiger charge is -2.02. The Morgan fingerprint density at radius 3 is 2.21 bits per heavy atom. The zero-order valence-electron chi connectivity index (χ0n) is 14.7. The van der Waals surface area contributed by atoms with Crippen LogP contribution in [0.25, 0.3) is 45.3 Å². The van der Waals surface area contributed by atoms with Crippen molar-refractivity contribution in [3.05, 3.63) is 76.5 Å². The fourth-order valence-electron chi connectivity index (χ4n) is 3.03. The molecule has 0 aliphatic heterocycles. The minimum absolute atomic E-state index is 0.313. The summed E-state index contributed by atoms with van der Waals surface area (Å²) in [6.45, 7) is 0. The van der Waals surface area contributed by atoms with Gasteiger partial charge in [-0.05, 0) is 54.6 Å². The average molecular weight is 425 g/mol. The summed E-state index contributed by atoms with van der Waals surface area (Å²) in [6.07, 6.45) is 0. The van der Waals surface area contributed by atoms with Crippen LogP contribution in [0.1, 0.15) is 0 Å². The third-order valence-electron chi connectivity index (χ3n) is 4.44. The van der Waals surface area contributed by atoms with Gasteiger partial charge in [0, 0.05) is 11.1 Å². The second-order valence-electron chi connectivity index (χ2n) is 6.33. The normalized spacial score (nSPS) is 11.3. The SMILES string of the molecule is Fc1ccc(-c2nnc(-c3ccc4nc(-c5c(Cl)cccc5Cl)[nH]c4c3)o2)cc1. The van der Waals surface area contributed by atoms with Crippen molar-refractivity contribution in [3.8, 4) is 34.3 Å². The van der Waals surface area contributed by atoms with Crippen molar-refractivity contribution >= 4 is 34.2 Å². The first-order valence-electron chi connectivity index (χ1n) is 8.62. The van der Waals surface area contributed by atoms with Crippen molar-refractivity contribution in [1.29, 1.82) is 0 Å². The molecule has 5 rings (SSSR count). The summed E-state index contributed by atoms with van der Waals surface area (Å²) in [5.74, 6) is 0.907. The van der Waals surface area contributed by atoms with E-state index in [-0.39, 0.29) is 5.82 Å². The molecule has 0 radical (unpaired) electrons. The summed E-state index contributed by atoms with van der Waals surface area (Å²) >= 11 is 12.6. The second kappa shape index (κ2) is 6.99. The van der Waals surface area contributed by atoms with E-state index in [2.05, 4.69) is 20.2 Å². The summed E-state index contributed by atoms with van der Waals surface area (Å²) < 4.78 is 18.9. The third-order valence-corrected chi connectivity index (χ3v) is 5.07. The summed E-state index contributed by atoms with van der Waals surface area (Å²) in [5, 5.41) is 9.17. The number of aromatic nitrogens is 4. The molecular weight excluding hydrogens is 414 g/mol. The molecule has 0 unspecified atom stereocenters. The van der Waals surface area contributed by atoms with Crippen molar-refractivity contribution in [3.63, 3.8) is 0 Å². The molecule has 5 nitrogen and oxygen atoms in total. The van der Waals surface area contributed by atoms with E-state index in [4.69, 9.17) is 27.6 Å². The topological polar surface area (TPSA) is 67.6 Å². The summed E-state index contributed by atoms with van der Waals surface area (Å²) in [7, 11) is 0. The Labute approximate surface area is 174 Å². The van der Waals surface area contributed by atoms with Gasteiger partial charge in [0.15, 0.2) is 0 Å².